The van der Waals surface area contributed by atoms with Gasteiger partial charge in [0.25, 0.3) is 0 Å². The van der Waals surface area contributed by atoms with E-state index in [1.807, 2.05) is 18.2 Å². The van der Waals surface area contributed by atoms with E-state index in [1.165, 1.54) is 0 Å². The van der Waals surface area contributed by atoms with Crippen molar-refractivity contribution in [2.24, 2.45) is 5.92 Å². The summed E-state index contributed by atoms with van der Waals surface area (Å²) in [6.07, 6.45) is 0. The molecule has 0 radical (unpaired) electrons. The summed E-state index contributed by atoms with van der Waals surface area (Å²) in [5, 5.41) is 4.18. The molecule has 3 nitrogen and oxygen atoms in total. The summed E-state index contributed by atoms with van der Waals surface area (Å²) < 4.78 is 2.24. The maximum Gasteiger partial charge on any atom is 0.123 e. The third-order valence-electron chi connectivity index (χ3n) is 2.94. The molecule has 0 aliphatic carbocycles. The summed E-state index contributed by atoms with van der Waals surface area (Å²) >= 11 is 6.00. The predicted octanol–water partition coefficient (Wildman–Crippen LogP) is 3.46. The van der Waals surface area contributed by atoms with Crippen LogP contribution in [0.15, 0.2) is 18.2 Å². The van der Waals surface area contributed by atoms with Gasteiger partial charge in [0.1, 0.15) is 5.82 Å². The number of fused-ring (bicyclic) bond motifs is 1. The Kier molecular flexibility index (Phi) is 4.25. The van der Waals surface area contributed by atoms with Crippen LogP contribution in [0.4, 0.5) is 0 Å². The van der Waals surface area contributed by atoms with E-state index in [2.05, 4.69) is 35.6 Å². The highest BCUT2D eigenvalue weighted by Crippen LogP contribution is 2.20. The monoisotopic (exact) mass is 265 g/mol. The number of nitrogens with zero attached hydrogens (tertiary/aromatic N) is 2. The van der Waals surface area contributed by atoms with Crippen LogP contribution in [0.1, 0.15) is 26.6 Å². The van der Waals surface area contributed by atoms with Gasteiger partial charge in [-0.2, -0.15) is 0 Å². The third-order valence-corrected chi connectivity index (χ3v) is 3.18. The lowest BCUT2D eigenvalue weighted by Crippen LogP contribution is -2.21. The van der Waals surface area contributed by atoms with Crippen LogP contribution >= 0.6 is 11.6 Å². The minimum Gasteiger partial charge on any atom is -0.327 e. The van der Waals surface area contributed by atoms with Crippen LogP contribution in [0.3, 0.4) is 0 Å². The highest BCUT2D eigenvalue weighted by molar-refractivity contribution is 6.31. The second-order valence-corrected chi connectivity index (χ2v) is 5.37. The van der Waals surface area contributed by atoms with Gasteiger partial charge in [-0.1, -0.05) is 25.4 Å². The van der Waals surface area contributed by atoms with Crippen molar-refractivity contribution in [2.45, 2.75) is 33.9 Å². The number of hydrogen-bond acceptors (Lipinski definition) is 2. The predicted molar refractivity (Wildman–Crippen MR) is 77.0 cm³/mol. The number of rotatable bonds is 5. The summed E-state index contributed by atoms with van der Waals surface area (Å²) in [7, 11) is 0. The largest absolute Gasteiger partial charge is 0.327 e. The fourth-order valence-electron chi connectivity index (χ4n) is 2.11. The summed E-state index contributed by atoms with van der Waals surface area (Å²) in [5.74, 6) is 1.73. The van der Waals surface area contributed by atoms with Gasteiger partial charge in [0, 0.05) is 11.6 Å². The van der Waals surface area contributed by atoms with Gasteiger partial charge in [-0.3, -0.25) is 0 Å². The van der Waals surface area contributed by atoms with E-state index >= 15 is 0 Å². The smallest absolute Gasteiger partial charge is 0.123 e. The molecule has 2 aromatic rings. The Balaban J connectivity index is 2.26. The molecule has 1 aromatic carbocycles. The highest BCUT2D eigenvalue weighted by Gasteiger charge is 2.09. The molecule has 0 spiro atoms. The van der Waals surface area contributed by atoms with Crippen LogP contribution in [-0.4, -0.2) is 16.1 Å². The molecular weight excluding hydrogens is 246 g/mol. The first-order valence-corrected chi connectivity index (χ1v) is 6.85. The van der Waals surface area contributed by atoms with Crippen LogP contribution in [-0.2, 0) is 13.1 Å². The molecule has 2 rings (SSSR count). The molecule has 4 heteroatoms. The molecule has 0 saturated heterocycles. The zero-order valence-corrected chi connectivity index (χ0v) is 12.0. The Hall–Kier alpha value is -1.06. The number of aromatic nitrogens is 2. The van der Waals surface area contributed by atoms with Gasteiger partial charge in [-0.05, 0) is 37.6 Å². The summed E-state index contributed by atoms with van der Waals surface area (Å²) in [4.78, 5) is 4.66. The summed E-state index contributed by atoms with van der Waals surface area (Å²) in [6.45, 7) is 9.29. The SMILES string of the molecule is CCn1c(CNCC(C)C)nc2cc(Cl)ccc21. The molecule has 98 valence electrons. The van der Waals surface area contributed by atoms with E-state index in [-0.39, 0.29) is 0 Å². The standard InChI is InChI=1S/C14H20ClN3/c1-4-18-13-6-5-11(15)7-12(13)17-14(18)9-16-8-10(2)3/h5-7,10,16H,4,8-9H2,1-3H3. The number of nitrogens with one attached hydrogen (secondary N) is 1. The zero-order chi connectivity index (χ0) is 13.1. The topological polar surface area (TPSA) is 29.9 Å². The van der Waals surface area contributed by atoms with Gasteiger partial charge in [0.05, 0.1) is 17.6 Å². The molecule has 0 unspecified atom stereocenters. The average molecular weight is 266 g/mol. The number of benzene rings is 1. The van der Waals surface area contributed by atoms with Gasteiger partial charge in [-0.25, -0.2) is 4.98 Å². The lowest BCUT2D eigenvalue weighted by molar-refractivity contribution is 0.533. The minimum absolute atomic E-state index is 0.652. The Morgan fingerprint density at radius 3 is 2.83 bits per heavy atom. The second-order valence-electron chi connectivity index (χ2n) is 4.93. The van der Waals surface area contributed by atoms with Crippen molar-refractivity contribution in [3.05, 3.63) is 29.0 Å². The Bertz CT molecular complexity index is 531. The lowest BCUT2D eigenvalue weighted by atomic mass is 10.2. The number of hydrogen-bond donors (Lipinski definition) is 1. The van der Waals surface area contributed by atoms with Crippen LogP contribution in [0.25, 0.3) is 11.0 Å². The third kappa shape index (κ3) is 2.85. The van der Waals surface area contributed by atoms with E-state index in [0.717, 1.165) is 41.5 Å². The van der Waals surface area contributed by atoms with Gasteiger partial charge in [-0.15, -0.1) is 0 Å². The van der Waals surface area contributed by atoms with Crippen molar-refractivity contribution in [2.75, 3.05) is 6.54 Å². The van der Waals surface area contributed by atoms with E-state index < -0.39 is 0 Å². The molecule has 1 aromatic heterocycles. The normalized spacial score (nSPS) is 11.6. The number of imidazole rings is 1. The van der Waals surface area contributed by atoms with E-state index in [4.69, 9.17) is 11.6 Å². The van der Waals surface area contributed by atoms with E-state index in [1.54, 1.807) is 0 Å². The Morgan fingerprint density at radius 1 is 1.39 bits per heavy atom. The molecule has 1 heterocycles. The first-order valence-electron chi connectivity index (χ1n) is 6.47. The average Bonchev–Trinajstić information content (AvgIpc) is 2.65. The highest BCUT2D eigenvalue weighted by atomic mass is 35.5. The molecule has 0 aliphatic rings. The first-order chi connectivity index (χ1) is 8.61. The molecule has 0 bridgehead atoms. The maximum atomic E-state index is 6.00. The molecule has 0 atom stereocenters. The fraction of sp³-hybridized carbons (Fsp3) is 0.500. The van der Waals surface area contributed by atoms with Crippen molar-refractivity contribution in [3.63, 3.8) is 0 Å². The summed E-state index contributed by atoms with van der Waals surface area (Å²) in [5.41, 5.74) is 2.13. The van der Waals surface area contributed by atoms with Crippen molar-refractivity contribution < 1.29 is 0 Å². The maximum absolute atomic E-state index is 6.00. The van der Waals surface area contributed by atoms with Crippen molar-refractivity contribution in [3.8, 4) is 0 Å². The van der Waals surface area contributed by atoms with Crippen molar-refractivity contribution in [1.29, 1.82) is 0 Å². The molecular formula is C14H20ClN3. The van der Waals surface area contributed by atoms with Crippen molar-refractivity contribution in [1.82, 2.24) is 14.9 Å². The van der Waals surface area contributed by atoms with Crippen molar-refractivity contribution >= 4 is 22.6 Å². The molecule has 0 saturated carbocycles. The molecule has 18 heavy (non-hydrogen) atoms. The number of halogens is 1. The number of aryl methyl sites for hydroxylation is 1. The lowest BCUT2D eigenvalue weighted by Gasteiger charge is -2.09. The van der Waals surface area contributed by atoms with Gasteiger partial charge >= 0.3 is 0 Å². The molecule has 1 N–H and O–H groups in total. The molecule has 0 fully saturated rings. The fourth-order valence-corrected chi connectivity index (χ4v) is 2.28. The van der Waals surface area contributed by atoms with E-state index in [0.29, 0.717) is 5.92 Å². The second kappa shape index (κ2) is 5.72. The van der Waals surface area contributed by atoms with E-state index in [9.17, 15) is 0 Å². The van der Waals surface area contributed by atoms with Gasteiger partial charge in [0.2, 0.25) is 0 Å². The van der Waals surface area contributed by atoms with Crippen LogP contribution in [0, 0.1) is 5.92 Å². The van der Waals surface area contributed by atoms with Gasteiger partial charge in [0.15, 0.2) is 0 Å². The van der Waals surface area contributed by atoms with Crippen LogP contribution in [0.2, 0.25) is 5.02 Å². The minimum atomic E-state index is 0.652. The zero-order valence-electron chi connectivity index (χ0n) is 11.2. The van der Waals surface area contributed by atoms with Gasteiger partial charge < -0.3 is 9.88 Å². The molecule has 0 aliphatic heterocycles. The Morgan fingerprint density at radius 2 is 2.17 bits per heavy atom. The summed E-state index contributed by atoms with van der Waals surface area (Å²) in [6, 6.07) is 5.89. The Labute approximate surface area is 113 Å². The molecule has 0 amide bonds. The van der Waals surface area contributed by atoms with Crippen LogP contribution in [0.5, 0.6) is 0 Å². The van der Waals surface area contributed by atoms with Crippen LogP contribution < -0.4 is 5.32 Å². The first kappa shape index (κ1) is 13.4. The quantitative estimate of drug-likeness (QED) is 0.897.